The van der Waals surface area contributed by atoms with Gasteiger partial charge in [0.25, 0.3) is 0 Å². The first-order valence-electron chi connectivity index (χ1n) is 5.45. The van der Waals surface area contributed by atoms with E-state index >= 15 is 0 Å². The summed E-state index contributed by atoms with van der Waals surface area (Å²) in [4.78, 5) is 0. The summed E-state index contributed by atoms with van der Waals surface area (Å²) in [6, 6.07) is 10.4. The number of rotatable bonds is 2. The zero-order chi connectivity index (χ0) is 9.80. The number of hydrogen-bond donors (Lipinski definition) is 0. The lowest BCUT2D eigenvalue weighted by atomic mass is 9.84. The summed E-state index contributed by atoms with van der Waals surface area (Å²) < 4.78 is 0. The number of hydrogen-bond acceptors (Lipinski definition) is 0. The van der Waals surface area contributed by atoms with Crippen molar-refractivity contribution in [2.75, 3.05) is 0 Å². The average Bonchev–Trinajstić information content (AvgIpc) is 2.30. The summed E-state index contributed by atoms with van der Waals surface area (Å²) >= 11 is 6.40. The average molecular weight is 208 g/mol. The van der Waals surface area contributed by atoms with Crippen LogP contribution in [-0.2, 0) is 0 Å². The third-order valence-corrected chi connectivity index (χ3v) is 3.54. The van der Waals surface area contributed by atoms with Crippen molar-refractivity contribution in [2.24, 2.45) is 5.92 Å². The first-order valence-corrected chi connectivity index (χ1v) is 5.83. The smallest absolute Gasteiger partial charge is 0.0957 e. The molecule has 0 heterocycles. The lowest BCUT2D eigenvalue weighted by Crippen LogP contribution is -2.12. The molecule has 75 valence electrons. The molecule has 0 aromatic heterocycles. The predicted octanol–water partition coefficient (Wildman–Crippen LogP) is 4.39. The second-order valence-electron chi connectivity index (χ2n) is 4.05. The van der Waals surface area contributed by atoms with E-state index in [9.17, 15) is 0 Å². The van der Waals surface area contributed by atoms with E-state index in [0.29, 0.717) is 5.92 Å². The molecule has 1 aromatic carbocycles. The quantitative estimate of drug-likeness (QED) is 0.675. The Bertz CT molecular complexity index is 262. The highest BCUT2D eigenvalue weighted by atomic mass is 35.5. The highest BCUT2D eigenvalue weighted by molar-refractivity contribution is 6.29. The van der Waals surface area contributed by atoms with E-state index in [4.69, 9.17) is 11.6 Å². The molecular weight excluding hydrogens is 192 g/mol. The maximum Gasteiger partial charge on any atom is 0.0957 e. The van der Waals surface area contributed by atoms with Gasteiger partial charge in [-0.3, -0.25) is 0 Å². The molecule has 2 rings (SSSR count). The minimum atomic E-state index is 0.618. The van der Waals surface area contributed by atoms with Crippen LogP contribution in [0, 0.1) is 11.3 Å². The van der Waals surface area contributed by atoms with Crippen molar-refractivity contribution in [2.45, 2.75) is 32.1 Å². The van der Waals surface area contributed by atoms with Crippen LogP contribution in [0.4, 0.5) is 0 Å². The second-order valence-corrected chi connectivity index (χ2v) is 4.46. The molecule has 0 amide bonds. The molecule has 0 bridgehead atoms. The van der Waals surface area contributed by atoms with Crippen molar-refractivity contribution in [3.05, 3.63) is 41.3 Å². The molecule has 1 radical (unpaired) electrons. The van der Waals surface area contributed by atoms with Crippen LogP contribution in [0.3, 0.4) is 0 Å². The lowest BCUT2D eigenvalue weighted by molar-refractivity contribution is 0.395. The summed E-state index contributed by atoms with van der Waals surface area (Å²) in [5, 5.41) is 1.07. The van der Waals surface area contributed by atoms with Gasteiger partial charge in [-0.15, -0.1) is 11.6 Å². The first-order chi connectivity index (χ1) is 6.88. The SMILES string of the molecule is Cl[C](c1ccccc1)C1CCCCC1. The monoisotopic (exact) mass is 207 g/mol. The summed E-state index contributed by atoms with van der Waals surface area (Å²) in [7, 11) is 0. The van der Waals surface area contributed by atoms with Crippen LogP contribution in [0.15, 0.2) is 30.3 Å². The van der Waals surface area contributed by atoms with Gasteiger partial charge in [0.05, 0.1) is 5.38 Å². The summed E-state index contributed by atoms with van der Waals surface area (Å²) in [6.07, 6.45) is 6.61. The molecule has 1 aromatic rings. The van der Waals surface area contributed by atoms with E-state index in [2.05, 4.69) is 24.3 Å². The Labute approximate surface area is 91.3 Å². The Morgan fingerprint density at radius 2 is 1.64 bits per heavy atom. The molecular formula is C13H16Cl. The van der Waals surface area contributed by atoms with Crippen molar-refractivity contribution in [3.63, 3.8) is 0 Å². The van der Waals surface area contributed by atoms with Gasteiger partial charge < -0.3 is 0 Å². The molecule has 0 atom stereocenters. The van der Waals surface area contributed by atoms with Crippen LogP contribution >= 0.6 is 11.6 Å². The number of halogens is 1. The van der Waals surface area contributed by atoms with E-state index in [-0.39, 0.29) is 0 Å². The fraction of sp³-hybridized carbons (Fsp3) is 0.462. The molecule has 0 N–H and O–H groups in total. The Morgan fingerprint density at radius 1 is 1.00 bits per heavy atom. The molecule has 1 saturated carbocycles. The normalized spacial score (nSPS) is 18.7. The van der Waals surface area contributed by atoms with E-state index in [1.54, 1.807) is 0 Å². The van der Waals surface area contributed by atoms with E-state index in [0.717, 1.165) is 5.38 Å². The first kappa shape index (κ1) is 10.0. The maximum absolute atomic E-state index is 6.40. The molecule has 0 nitrogen and oxygen atoms in total. The topological polar surface area (TPSA) is 0 Å². The van der Waals surface area contributed by atoms with Crippen LogP contribution in [0.5, 0.6) is 0 Å². The zero-order valence-electron chi connectivity index (χ0n) is 8.38. The fourth-order valence-corrected chi connectivity index (χ4v) is 2.53. The van der Waals surface area contributed by atoms with Gasteiger partial charge in [-0.05, 0) is 24.3 Å². The van der Waals surface area contributed by atoms with Crippen LogP contribution in [0.25, 0.3) is 0 Å². The largest absolute Gasteiger partial charge is 0.111 e. The van der Waals surface area contributed by atoms with Gasteiger partial charge in [0.2, 0.25) is 0 Å². The summed E-state index contributed by atoms with van der Waals surface area (Å²) in [5.74, 6) is 0.618. The van der Waals surface area contributed by atoms with Crippen molar-refractivity contribution in [3.8, 4) is 0 Å². The molecule has 0 saturated heterocycles. The molecule has 1 aliphatic rings. The van der Waals surface area contributed by atoms with Crippen LogP contribution < -0.4 is 0 Å². The van der Waals surface area contributed by atoms with E-state index in [1.165, 1.54) is 37.7 Å². The van der Waals surface area contributed by atoms with Gasteiger partial charge in [0.1, 0.15) is 0 Å². The molecule has 1 aliphatic carbocycles. The lowest BCUT2D eigenvalue weighted by Gasteiger charge is -2.25. The Kier molecular flexibility index (Phi) is 3.47. The molecule has 0 spiro atoms. The zero-order valence-corrected chi connectivity index (χ0v) is 9.13. The minimum absolute atomic E-state index is 0.618. The van der Waals surface area contributed by atoms with Crippen LogP contribution in [0.2, 0.25) is 0 Å². The number of benzene rings is 1. The Balaban J connectivity index is 2.03. The maximum atomic E-state index is 6.40. The fourth-order valence-electron chi connectivity index (χ4n) is 2.19. The molecule has 14 heavy (non-hydrogen) atoms. The van der Waals surface area contributed by atoms with Crippen molar-refractivity contribution in [1.29, 1.82) is 0 Å². The third-order valence-electron chi connectivity index (χ3n) is 3.01. The van der Waals surface area contributed by atoms with Gasteiger partial charge in [0.15, 0.2) is 0 Å². The highest BCUT2D eigenvalue weighted by Crippen LogP contribution is 2.37. The van der Waals surface area contributed by atoms with Crippen molar-refractivity contribution >= 4 is 11.6 Å². The minimum Gasteiger partial charge on any atom is -0.111 e. The van der Waals surface area contributed by atoms with Crippen LogP contribution in [0.1, 0.15) is 37.7 Å². The molecule has 1 heteroatoms. The van der Waals surface area contributed by atoms with E-state index in [1.807, 2.05) is 6.07 Å². The Morgan fingerprint density at radius 3 is 2.29 bits per heavy atom. The van der Waals surface area contributed by atoms with Gasteiger partial charge >= 0.3 is 0 Å². The van der Waals surface area contributed by atoms with Gasteiger partial charge in [-0.1, -0.05) is 49.6 Å². The second kappa shape index (κ2) is 4.84. The van der Waals surface area contributed by atoms with Gasteiger partial charge in [-0.2, -0.15) is 0 Å². The highest BCUT2D eigenvalue weighted by Gasteiger charge is 2.23. The predicted molar refractivity (Wildman–Crippen MR) is 61.2 cm³/mol. The van der Waals surface area contributed by atoms with E-state index < -0.39 is 0 Å². The van der Waals surface area contributed by atoms with Crippen molar-refractivity contribution in [1.82, 2.24) is 0 Å². The van der Waals surface area contributed by atoms with Gasteiger partial charge in [-0.25, -0.2) is 0 Å². The third kappa shape index (κ3) is 2.30. The van der Waals surface area contributed by atoms with Gasteiger partial charge in [0, 0.05) is 0 Å². The Hall–Kier alpha value is -0.490. The standard InChI is InChI=1S/C13H16Cl/c14-13(11-7-3-1-4-8-11)12-9-5-2-6-10-12/h1,3-4,7-8,12H,2,5-6,9-10H2. The van der Waals surface area contributed by atoms with Crippen LogP contribution in [-0.4, -0.2) is 0 Å². The van der Waals surface area contributed by atoms with Crippen molar-refractivity contribution < 1.29 is 0 Å². The molecule has 1 fully saturated rings. The molecule has 0 unspecified atom stereocenters. The summed E-state index contributed by atoms with van der Waals surface area (Å²) in [6.45, 7) is 0. The molecule has 0 aliphatic heterocycles. The summed E-state index contributed by atoms with van der Waals surface area (Å²) in [5.41, 5.74) is 1.21.